The molecule has 0 atom stereocenters. The lowest BCUT2D eigenvalue weighted by Crippen LogP contribution is -2.24. The fourth-order valence-electron chi connectivity index (χ4n) is 3.32. The summed E-state index contributed by atoms with van der Waals surface area (Å²) in [6.45, 7) is 1.75. The number of hydrogen-bond donors (Lipinski definition) is 1. The van der Waals surface area contributed by atoms with Gasteiger partial charge in [-0.25, -0.2) is 4.98 Å². The minimum absolute atomic E-state index is 0.0539. The number of thiophene rings is 1. The van der Waals surface area contributed by atoms with Crippen molar-refractivity contribution < 1.29 is 14.3 Å². The molecule has 0 radical (unpaired) electrons. The van der Waals surface area contributed by atoms with Crippen molar-refractivity contribution in [1.29, 1.82) is 0 Å². The van der Waals surface area contributed by atoms with Crippen molar-refractivity contribution >= 4 is 50.7 Å². The molecule has 4 aromatic rings. The maximum absolute atomic E-state index is 13.2. The first-order valence-corrected chi connectivity index (χ1v) is 12.0. The molecule has 0 aliphatic heterocycles. The van der Waals surface area contributed by atoms with Crippen LogP contribution in [0.25, 0.3) is 10.2 Å². The molecule has 0 saturated heterocycles. The number of rotatable bonds is 8. The molecule has 1 N–H and O–H groups in total. The molecule has 0 aliphatic rings. The third-order valence-electron chi connectivity index (χ3n) is 4.94. The van der Waals surface area contributed by atoms with E-state index in [0.717, 1.165) is 5.56 Å². The number of amides is 1. The lowest BCUT2D eigenvalue weighted by Gasteiger charge is -2.14. The van der Waals surface area contributed by atoms with Gasteiger partial charge in [0.05, 0.1) is 24.9 Å². The molecule has 4 rings (SSSR count). The van der Waals surface area contributed by atoms with Crippen molar-refractivity contribution in [2.45, 2.75) is 18.6 Å². The Bertz CT molecular complexity index is 1390. The molecule has 0 bridgehead atoms. The van der Waals surface area contributed by atoms with Crippen LogP contribution in [0.2, 0.25) is 0 Å². The second-order valence-electron chi connectivity index (χ2n) is 7.21. The fraction of sp³-hybridized carbons (Fsp3) is 0.167. The maximum atomic E-state index is 13.2. The fourth-order valence-corrected chi connectivity index (χ4v) is 4.90. The molecule has 168 valence electrons. The van der Waals surface area contributed by atoms with Gasteiger partial charge in [0.25, 0.3) is 5.56 Å². The van der Waals surface area contributed by atoms with E-state index in [9.17, 15) is 14.4 Å². The number of nitrogens with zero attached hydrogens (tertiary/aromatic N) is 2. The van der Waals surface area contributed by atoms with E-state index in [-0.39, 0.29) is 29.5 Å². The number of aromatic nitrogens is 2. The number of nitrogens with one attached hydrogen (secondary N) is 1. The molecule has 9 heteroatoms. The Morgan fingerprint density at radius 3 is 2.76 bits per heavy atom. The molecule has 2 aromatic carbocycles. The molecular weight excluding hydrogens is 458 g/mol. The van der Waals surface area contributed by atoms with Gasteiger partial charge in [-0.1, -0.05) is 42.1 Å². The van der Waals surface area contributed by atoms with Gasteiger partial charge in [-0.3, -0.25) is 19.0 Å². The number of hydrogen-bond acceptors (Lipinski definition) is 7. The first-order valence-electron chi connectivity index (χ1n) is 10.1. The summed E-state index contributed by atoms with van der Waals surface area (Å²) in [7, 11) is 1.59. The minimum Gasteiger partial charge on any atom is -0.496 e. The number of fused-ring (bicyclic) bond motifs is 1. The highest BCUT2D eigenvalue weighted by atomic mass is 32.2. The van der Waals surface area contributed by atoms with Crippen LogP contribution in [0, 0.1) is 0 Å². The van der Waals surface area contributed by atoms with E-state index >= 15 is 0 Å². The van der Waals surface area contributed by atoms with Crippen molar-refractivity contribution in [1.82, 2.24) is 9.55 Å². The van der Waals surface area contributed by atoms with Crippen LogP contribution >= 0.6 is 23.1 Å². The average Bonchev–Trinajstić information content (AvgIpc) is 3.29. The summed E-state index contributed by atoms with van der Waals surface area (Å²) >= 11 is 2.53. The van der Waals surface area contributed by atoms with E-state index in [1.807, 2.05) is 29.6 Å². The van der Waals surface area contributed by atoms with Crippen LogP contribution in [0.1, 0.15) is 22.8 Å². The number of Topliss-reactive ketones (excluding diaryl/α,β-unsaturated/α-hetero) is 1. The number of carbonyl (C=O) groups is 2. The number of thioether (sulfide) groups is 1. The SMILES string of the molecule is COc1ccccc1Cn1c(SCC(=O)Nc2cccc(C(C)=O)c2)nc2ccsc2c1=O. The van der Waals surface area contributed by atoms with Gasteiger partial charge < -0.3 is 10.1 Å². The van der Waals surface area contributed by atoms with E-state index in [4.69, 9.17) is 4.74 Å². The number of methoxy groups -OCH3 is 1. The van der Waals surface area contributed by atoms with Crippen LogP contribution < -0.4 is 15.6 Å². The number of benzene rings is 2. The Kier molecular flexibility index (Phi) is 6.90. The van der Waals surface area contributed by atoms with Gasteiger partial charge in [0.15, 0.2) is 10.9 Å². The van der Waals surface area contributed by atoms with E-state index in [2.05, 4.69) is 10.3 Å². The second kappa shape index (κ2) is 10.0. The van der Waals surface area contributed by atoms with Gasteiger partial charge in [0.1, 0.15) is 10.4 Å². The van der Waals surface area contributed by atoms with Gasteiger partial charge in [0, 0.05) is 16.8 Å². The van der Waals surface area contributed by atoms with Gasteiger partial charge in [-0.15, -0.1) is 11.3 Å². The van der Waals surface area contributed by atoms with Crippen LogP contribution in [0.4, 0.5) is 5.69 Å². The summed E-state index contributed by atoms with van der Waals surface area (Å²) in [6.07, 6.45) is 0. The Morgan fingerprint density at radius 1 is 1.15 bits per heavy atom. The van der Waals surface area contributed by atoms with E-state index in [1.165, 1.54) is 30.0 Å². The Morgan fingerprint density at radius 2 is 1.97 bits per heavy atom. The summed E-state index contributed by atoms with van der Waals surface area (Å²) in [5, 5.41) is 5.07. The first-order chi connectivity index (χ1) is 16.0. The predicted molar refractivity (Wildman–Crippen MR) is 132 cm³/mol. The molecule has 0 spiro atoms. The number of carbonyl (C=O) groups excluding carboxylic acids is 2. The van der Waals surface area contributed by atoms with Crippen LogP contribution in [-0.4, -0.2) is 34.1 Å². The van der Waals surface area contributed by atoms with Crippen molar-refractivity contribution in [2.24, 2.45) is 0 Å². The lowest BCUT2D eigenvalue weighted by molar-refractivity contribution is -0.113. The average molecular weight is 480 g/mol. The summed E-state index contributed by atoms with van der Waals surface area (Å²) in [5.74, 6) is 0.395. The Hall–Kier alpha value is -3.43. The molecule has 0 unspecified atom stereocenters. The van der Waals surface area contributed by atoms with E-state index in [1.54, 1.807) is 42.0 Å². The molecular formula is C24H21N3O4S2. The Balaban J connectivity index is 1.58. The quantitative estimate of drug-likeness (QED) is 0.228. The van der Waals surface area contributed by atoms with Crippen molar-refractivity contribution in [2.75, 3.05) is 18.2 Å². The highest BCUT2D eigenvalue weighted by molar-refractivity contribution is 7.99. The normalized spacial score (nSPS) is 10.8. The highest BCUT2D eigenvalue weighted by Crippen LogP contribution is 2.24. The molecule has 2 aromatic heterocycles. The standard InChI is InChI=1S/C24H21N3O4S2/c1-15(28)16-7-5-8-18(12-16)25-21(29)14-33-24-26-19-10-11-32-22(19)23(30)27(24)13-17-6-3-4-9-20(17)31-2/h3-12H,13-14H2,1-2H3,(H,25,29). The monoisotopic (exact) mass is 479 g/mol. The smallest absolute Gasteiger partial charge is 0.272 e. The molecule has 33 heavy (non-hydrogen) atoms. The zero-order valence-electron chi connectivity index (χ0n) is 18.0. The zero-order valence-corrected chi connectivity index (χ0v) is 19.7. The van der Waals surface area contributed by atoms with Crippen molar-refractivity contribution in [3.8, 4) is 5.75 Å². The number of para-hydroxylation sites is 1. The first kappa shape index (κ1) is 22.8. The number of ketones is 1. The van der Waals surface area contributed by atoms with Crippen LogP contribution in [0.15, 0.2) is 69.9 Å². The Labute approximate surface area is 198 Å². The topological polar surface area (TPSA) is 90.3 Å². The van der Waals surface area contributed by atoms with Crippen LogP contribution in [-0.2, 0) is 11.3 Å². The van der Waals surface area contributed by atoms with Gasteiger partial charge in [-0.2, -0.15) is 0 Å². The number of anilines is 1. The van der Waals surface area contributed by atoms with E-state index in [0.29, 0.717) is 32.4 Å². The van der Waals surface area contributed by atoms with Crippen LogP contribution in [0.5, 0.6) is 5.75 Å². The summed E-state index contributed by atoms with van der Waals surface area (Å²) in [5.41, 5.74) is 2.36. The summed E-state index contributed by atoms with van der Waals surface area (Å²) < 4.78 is 7.58. The van der Waals surface area contributed by atoms with Crippen molar-refractivity contribution in [3.63, 3.8) is 0 Å². The largest absolute Gasteiger partial charge is 0.496 e. The molecule has 0 aliphatic carbocycles. The molecule has 1 amide bonds. The third kappa shape index (κ3) is 5.15. The summed E-state index contributed by atoms with van der Waals surface area (Å²) in [6, 6.07) is 16.1. The summed E-state index contributed by atoms with van der Waals surface area (Å²) in [4.78, 5) is 42.0. The molecule has 0 saturated carbocycles. The van der Waals surface area contributed by atoms with Gasteiger partial charge in [-0.05, 0) is 36.6 Å². The van der Waals surface area contributed by atoms with E-state index < -0.39 is 0 Å². The van der Waals surface area contributed by atoms with Gasteiger partial charge >= 0.3 is 0 Å². The molecule has 2 heterocycles. The lowest BCUT2D eigenvalue weighted by atomic mass is 10.1. The van der Waals surface area contributed by atoms with Crippen LogP contribution in [0.3, 0.4) is 0 Å². The molecule has 7 nitrogen and oxygen atoms in total. The highest BCUT2D eigenvalue weighted by Gasteiger charge is 2.16. The zero-order chi connectivity index (χ0) is 23.4. The minimum atomic E-state index is -0.260. The number of ether oxygens (including phenoxy) is 1. The predicted octanol–water partition coefficient (Wildman–Crippen LogP) is 4.45. The van der Waals surface area contributed by atoms with Crippen molar-refractivity contribution in [3.05, 3.63) is 81.5 Å². The van der Waals surface area contributed by atoms with Gasteiger partial charge in [0.2, 0.25) is 5.91 Å². The maximum Gasteiger partial charge on any atom is 0.272 e. The second-order valence-corrected chi connectivity index (χ2v) is 9.06. The molecule has 0 fully saturated rings. The third-order valence-corrected chi connectivity index (χ3v) is 6.81.